The Bertz CT molecular complexity index is 960. The number of pyridine rings is 2. The normalized spacial score (nSPS) is 10.1. The number of rotatable bonds is 0. The van der Waals surface area contributed by atoms with Gasteiger partial charge in [0.25, 0.3) is 0 Å². The Kier molecular flexibility index (Phi) is 9.62. The van der Waals surface area contributed by atoms with Crippen LogP contribution in [0.4, 0.5) is 0 Å². The molecule has 3 rings (SSSR count). The molecule has 168 valence electrons. The average Bonchev–Trinajstić information content (AvgIpc) is 2.68. The van der Waals surface area contributed by atoms with Crippen molar-refractivity contribution in [1.82, 2.24) is 9.97 Å². The minimum atomic E-state index is 1.11. The summed E-state index contributed by atoms with van der Waals surface area (Å²) in [6.45, 7) is 27.5. The lowest BCUT2D eigenvalue weighted by Gasteiger charge is -2.10. The maximum Gasteiger partial charge on any atom is 0.0407 e. The van der Waals surface area contributed by atoms with Crippen molar-refractivity contribution in [1.29, 1.82) is 0 Å². The van der Waals surface area contributed by atoms with E-state index in [1.54, 1.807) is 0 Å². The van der Waals surface area contributed by atoms with Gasteiger partial charge in [0.1, 0.15) is 0 Å². The van der Waals surface area contributed by atoms with Crippen molar-refractivity contribution in [3.05, 3.63) is 91.0 Å². The van der Waals surface area contributed by atoms with Gasteiger partial charge >= 0.3 is 0 Å². The molecule has 0 aliphatic rings. The minimum absolute atomic E-state index is 1.11. The molecule has 0 N–H and O–H groups in total. The number of benzene rings is 1. The van der Waals surface area contributed by atoms with Crippen LogP contribution >= 0.6 is 0 Å². The molecule has 2 nitrogen and oxygen atoms in total. The summed E-state index contributed by atoms with van der Waals surface area (Å²) in [5.74, 6) is 0. The van der Waals surface area contributed by atoms with E-state index in [9.17, 15) is 0 Å². The highest BCUT2D eigenvalue weighted by atomic mass is 14.7. The quantitative estimate of drug-likeness (QED) is 0.371. The first-order valence-electron chi connectivity index (χ1n) is 11.1. The van der Waals surface area contributed by atoms with Gasteiger partial charge in [0.15, 0.2) is 0 Å². The molecule has 3 aromatic rings. The Morgan fingerprint density at radius 3 is 1.13 bits per heavy atom. The molecule has 0 aliphatic carbocycles. The second kappa shape index (κ2) is 11.2. The van der Waals surface area contributed by atoms with E-state index in [1.807, 2.05) is 20.8 Å². The van der Waals surface area contributed by atoms with E-state index in [0.29, 0.717) is 0 Å². The first kappa shape index (κ1) is 26.6. The van der Waals surface area contributed by atoms with Gasteiger partial charge in [-0.15, -0.1) is 0 Å². The maximum absolute atomic E-state index is 4.37. The predicted octanol–water partition coefficient (Wildman–Crippen LogP) is 7.86. The van der Waals surface area contributed by atoms with Crippen LogP contribution in [-0.2, 0) is 0 Å². The minimum Gasteiger partial charge on any atom is -0.258 e. The Morgan fingerprint density at radius 1 is 0.355 bits per heavy atom. The van der Waals surface area contributed by atoms with Gasteiger partial charge in [-0.05, 0) is 146 Å². The zero-order valence-electron chi connectivity index (χ0n) is 22.1. The molecule has 0 bridgehead atoms. The molecule has 0 fully saturated rings. The van der Waals surface area contributed by atoms with Gasteiger partial charge in [-0.2, -0.15) is 0 Å². The first-order valence-corrected chi connectivity index (χ1v) is 11.1. The Hall–Kier alpha value is -2.48. The third-order valence-corrected chi connectivity index (χ3v) is 6.55. The van der Waals surface area contributed by atoms with E-state index < -0.39 is 0 Å². The molecule has 0 amide bonds. The monoisotopic (exact) mass is 418 g/mol. The van der Waals surface area contributed by atoms with Crippen LogP contribution < -0.4 is 0 Å². The van der Waals surface area contributed by atoms with Crippen LogP contribution in [0.25, 0.3) is 0 Å². The zero-order chi connectivity index (χ0) is 24.0. The van der Waals surface area contributed by atoms with Crippen molar-refractivity contribution >= 4 is 0 Å². The van der Waals surface area contributed by atoms with Crippen LogP contribution in [0.5, 0.6) is 0 Å². The van der Waals surface area contributed by atoms with E-state index in [1.165, 1.54) is 50.1 Å². The van der Waals surface area contributed by atoms with Gasteiger partial charge in [0.2, 0.25) is 0 Å². The topological polar surface area (TPSA) is 25.8 Å². The number of aryl methyl sites for hydroxylation is 9. The fourth-order valence-electron chi connectivity index (χ4n) is 3.46. The summed E-state index contributed by atoms with van der Waals surface area (Å²) in [6.07, 6.45) is 0. The van der Waals surface area contributed by atoms with Crippen molar-refractivity contribution in [3.8, 4) is 0 Å². The van der Waals surface area contributed by atoms with E-state index in [2.05, 4.69) is 97.4 Å². The summed E-state index contributed by atoms with van der Waals surface area (Å²) in [5.41, 5.74) is 16.9. The lowest BCUT2D eigenvalue weighted by molar-refractivity contribution is 1.06. The van der Waals surface area contributed by atoms with Crippen LogP contribution in [0.2, 0.25) is 0 Å². The van der Waals surface area contributed by atoms with Crippen molar-refractivity contribution in [2.45, 2.75) is 90.0 Å². The molecule has 31 heavy (non-hydrogen) atoms. The zero-order valence-corrected chi connectivity index (χ0v) is 22.1. The van der Waals surface area contributed by atoms with Crippen molar-refractivity contribution < 1.29 is 0 Å². The molecular formula is C29H42N2. The van der Waals surface area contributed by atoms with Gasteiger partial charge < -0.3 is 0 Å². The summed E-state index contributed by atoms with van der Waals surface area (Å²) < 4.78 is 0. The molecule has 0 saturated heterocycles. The van der Waals surface area contributed by atoms with Gasteiger partial charge in [0.05, 0.1) is 0 Å². The Labute approximate surface area is 191 Å². The second-order valence-corrected chi connectivity index (χ2v) is 8.97. The number of hydrogen-bond acceptors (Lipinski definition) is 2. The molecule has 0 atom stereocenters. The third kappa shape index (κ3) is 7.31. The van der Waals surface area contributed by atoms with E-state index in [-0.39, 0.29) is 0 Å². The molecule has 0 unspecified atom stereocenters. The highest BCUT2D eigenvalue weighted by molar-refractivity contribution is 5.42. The van der Waals surface area contributed by atoms with Crippen LogP contribution in [0.1, 0.15) is 72.8 Å². The molecule has 2 aromatic heterocycles. The predicted molar refractivity (Wildman–Crippen MR) is 136 cm³/mol. The van der Waals surface area contributed by atoms with Crippen molar-refractivity contribution in [2.75, 3.05) is 0 Å². The van der Waals surface area contributed by atoms with E-state index >= 15 is 0 Å². The van der Waals surface area contributed by atoms with Crippen LogP contribution in [0, 0.1) is 90.0 Å². The number of nitrogens with zero attached hydrogens (tertiary/aromatic N) is 2. The molecular weight excluding hydrogens is 376 g/mol. The average molecular weight is 419 g/mol. The Morgan fingerprint density at radius 2 is 0.742 bits per heavy atom. The van der Waals surface area contributed by atoms with Crippen LogP contribution in [0.3, 0.4) is 0 Å². The Balaban J connectivity index is 0.000000233. The van der Waals surface area contributed by atoms with E-state index in [4.69, 9.17) is 0 Å². The highest BCUT2D eigenvalue weighted by Crippen LogP contribution is 2.19. The fourth-order valence-corrected chi connectivity index (χ4v) is 3.46. The lowest BCUT2D eigenvalue weighted by Crippen LogP contribution is -1.93. The lowest BCUT2D eigenvalue weighted by atomic mass is 9.96. The summed E-state index contributed by atoms with van der Waals surface area (Å²) >= 11 is 0. The van der Waals surface area contributed by atoms with Gasteiger partial charge in [-0.3, -0.25) is 9.97 Å². The van der Waals surface area contributed by atoms with Crippen LogP contribution in [-0.4, -0.2) is 9.97 Å². The summed E-state index contributed by atoms with van der Waals surface area (Å²) in [7, 11) is 0. The van der Waals surface area contributed by atoms with Crippen molar-refractivity contribution in [3.63, 3.8) is 0 Å². The summed E-state index contributed by atoms with van der Waals surface area (Å²) in [6, 6.07) is 6.55. The standard InChI is InChI=1S/C11H16.2C9H13N/c1-7-6-8(2)10(4)11(5)9(7)3;1-6-5-7(2)10-9(4)8(6)3;1-6-5-7(2)9(4)10-8(6)3/h6H,1-5H3;2*5H,1-4H3. The number of hydrogen-bond donors (Lipinski definition) is 0. The molecule has 2 heterocycles. The van der Waals surface area contributed by atoms with Gasteiger partial charge in [-0.1, -0.05) is 12.1 Å². The molecule has 0 radical (unpaired) electrons. The molecule has 1 aromatic carbocycles. The SMILES string of the molecule is Cc1cc(C)c(C)c(C)c1C.Cc1cc(C)c(C)c(C)n1.Cc1cc(C)c(C)nc1C. The second-order valence-electron chi connectivity index (χ2n) is 8.97. The first-order chi connectivity index (χ1) is 14.3. The summed E-state index contributed by atoms with van der Waals surface area (Å²) in [4.78, 5) is 8.71. The maximum atomic E-state index is 4.37. The fraction of sp³-hybridized carbons (Fsp3) is 0.448. The number of aromatic nitrogens is 2. The van der Waals surface area contributed by atoms with Crippen LogP contribution in [0.15, 0.2) is 18.2 Å². The smallest absolute Gasteiger partial charge is 0.0407 e. The van der Waals surface area contributed by atoms with Gasteiger partial charge in [0, 0.05) is 22.8 Å². The molecule has 0 aliphatic heterocycles. The largest absolute Gasteiger partial charge is 0.258 e. The molecule has 2 heteroatoms. The summed E-state index contributed by atoms with van der Waals surface area (Å²) in [5, 5.41) is 0. The molecule has 0 spiro atoms. The van der Waals surface area contributed by atoms with E-state index in [0.717, 1.165) is 22.8 Å². The third-order valence-electron chi connectivity index (χ3n) is 6.55. The highest BCUT2D eigenvalue weighted by Gasteiger charge is 2.02. The van der Waals surface area contributed by atoms with Crippen molar-refractivity contribution in [2.24, 2.45) is 0 Å². The van der Waals surface area contributed by atoms with Gasteiger partial charge in [-0.25, -0.2) is 0 Å². The molecule has 0 saturated carbocycles.